The Labute approximate surface area is 121 Å². The number of fused-ring (bicyclic) bond motifs is 2. The van der Waals surface area contributed by atoms with E-state index in [4.69, 9.17) is 4.98 Å². The van der Waals surface area contributed by atoms with Gasteiger partial charge in [-0.05, 0) is 51.4 Å². The fraction of sp³-hybridized carbons (Fsp3) is 0.471. The molecule has 0 aliphatic carbocycles. The third kappa shape index (κ3) is 2.27. The average Bonchev–Trinajstić information content (AvgIpc) is 2.44. The van der Waals surface area contributed by atoms with Gasteiger partial charge in [-0.3, -0.25) is 0 Å². The van der Waals surface area contributed by atoms with Gasteiger partial charge < -0.3 is 10.2 Å². The number of para-hydroxylation sites is 1. The number of aryl methyl sites for hydroxylation is 1. The van der Waals surface area contributed by atoms with Gasteiger partial charge in [-0.1, -0.05) is 18.2 Å². The Kier molecular flexibility index (Phi) is 3.38. The van der Waals surface area contributed by atoms with Crippen LogP contribution in [-0.4, -0.2) is 30.7 Å². The molecule has 2 aromatic rings. The summed E-state index contributed by atoms with van der Waals surface area (Å²) in [6.45, 7) is 6.62. The van der Waals surface area contributed by atoms with Crippen molar-refractivity contribution in [3.63, 3.8) is 0 Å². The summed E-state index contributed by atoms with van der Waals surface area (Å²) in [6, 6.07) is 10.7. The molecule has 0 radical (unpaired) electrons. The van der Waals surface area contributed by atoms with Crippen LogP contribution in [-0.2, 0) is 6.42 Å². The molecule has 0 saturated carbocycles. The van der Waals surface area contributed by atoms with Crippen LogP contribution in [0.3, 0.4) is 0 Å². The highest BCUT2D eigenvalue weighted by Gasteiger charge is 2.31. The number of pyridine rings is 1. The van der Waals surface area contributed by atoms with Crippen molar-refractivity contribution in [3.05, 3.63) is 35.9 Å². The number of benzene rings is 1. The van der Waals surface area contributed by atoms with E-state index < -0.39 is 0 Å². The second kappa shape index (κ2) is 5.06. The molecule has 2 heterocycles. The number of hydrogen-bond acceptors (Lipinski definition) is 3. The van der Waals surface area contributed by atoms with Gasteiger partial charge in [0.2, 0.25) is 0 Å². The molecule has 1 aliphatic heterocycles. The third-order valence-electron chi connectivity index (χ3n) is 4.20. The second-order valence-electron chi connectivity index (χ2n) is 6.26. The lowest BCUT2D eigenvalue weighted by molar-refractivity contribution is 0.424. The maximum Gasteiger partial charge on any atom is 0.132 e. The number of nitrogens with one attached hydrogen (secondary N) is 1. The summed E-state index contributed by atoms with van der Waals surface area (Å²) in [4.78, 5) is 7.41. The quantitative estimate of drug-likeness (QED) is 0.928. The van der Waals surface area contributed by atoms with Crippen molar-refractivity contribution in [1.29, 1.82) is 0 Å². The molecule has 0 spiro atoms. The fourth-order valence-electron chi connectivity index (χ4n) is 3.22. The molecule has 1 aromatic heterocycles. The first-order valence-electron chi connectivity index (χ1n) is 7.43. The zero-order chi connectivity index (χ0) is 14.2. The number of aromatic nitrogens is 1. The molecule has 1 N–H and O–H groups in total. The maximum atomic E-state index is 4.94. The first kappa shape index (κ1) is 13.4. The highest BCUT2D eigenvalue weighted by atomic mass is 15.3. The van der Waals surface area contributed by atoms with Crippen LogP contribution in [0.25, 0.3) is 10.9 Å². The third-order valence-corrected chi connectivity index (χ3v) is 4.20. The van der Waals surface area contributed by atoms with Gasteiger partial charge in [-0.2, -0.15) is 0 Å². The summed E-state index contributed by atoms with van der Waals surface area (Å²) >= 11 is 0. The van der Waals surface area contributed by atoms with Gasteiger partial charge in [-0.25, -0.2) is 4.98 Å². The van der Waals surface area contributed by atoms with Crippen molar-refractivity contribution in [2.45, 2.75) is 32.2 Å². The normalized spacial score (nSPS) is 15.4. The summed E-state index contributed by atoms with van der Waals surface area (Å²) in [6.07, 6.45) is 2.35. The topological polar surface area (TPSA) is 28.2 Å². The molecular formula is C17H23N3. The zero-order valence-electron chi connectivity index (χ0n) is 12.6. The van der Waals surface area contributed by atoms with Crippen LogP contribution in [0.15, 0.2) is 30.3 Å². The lowest BCUT2D eigenvalue weighted by atomic mass is 9.96. The van der Waals surface area contributed by atoms with Crippen LogP contribution in [0.1, 0.15) is 25.8 Å². The Hall–Kier alpha value is -1.61. The fourth-order valence-corrected chi connectivity index (χ4v) is 3.22. The molecule has 106 valence electrons. The van der Waals surface area contributed by atoms with E-state index >= 15 is 0 Å². The van der Waals surface area contributed by atoms with E-state index in [-0.39, 0.29) is 5.54 Å². The summed E-state index contributed by atoms with van der Waals surface area (Å²) in [7, 11) is 2.01. The molecule has 0 unspecified atom stereocenters. The van der Waals surface area contributed by atoms with Crippen molar-refractivity contribution < 1.29 is 0 Å². The van der Waals surface area contributed by atoms with Gasteiger partial charge in [0.25, 0.3) is 0 Å². The molecule has 20 heavy (non-hydrogen) atoms. The Balaban J connectivity index is 2.09. The van der Waals surface area contributed by atoms with E-state index in [0.29, 0.717) is 0 Å². The number of anilines is 1. The number of nitrogens with zero attached hydrogens (tertiary/aromatic N) is 2. The smallest absolute Gasteiger partial charge is 0.132 e. The van der Waals surface area contributed by atoms with Crippen LogP contribution in [0.2, 0.25) is 0 Å². The maximum absolute atomic E-state index is 4.94. The SMILES string of the molecule is CNCC(C)(C)N1CCCc2cc3ccccc3nc21. The van der Waals surface area contributed by atoms with Crippen molar-refractivity contribution in [1.82, 2.24) is 10.3 Å². The minimum Gasteiger partial charge on any atom is -0.350 e. The molecule has 3 rings (SSSR count). The van der Waals surface area contributed by atoms with Gasteiger partial charge in [0.1, 0.15) is 5.82 Å². The molecule has 1 aromatic carbocycles. The van der Waals surface area contributed by atoms with Gasteiger partial charge in [0, 0.05) is 24.0 Å². The van der Waals surface area contributed by atoms with Gasteiger partial charge in [-0.15, -0.1) is 0 Å². The molecular weight excluding hydrogens is 246 g/mol. The van der Waals surface area contributed by atoms with Crippen LogP contribution in [0, 0.1) is 0 Å². The molecule has 3 heteroatoms. The summed E-state index contributed by atoms with van der Waals surface area (Å²) in [5.74, 6) is 1.18. The Bertz CT molecular complexity index is 619. The molecule has 3 nitrogen and oxygen atoms in total. The second-order valence-corrected chi connectivity index (χ2v) is 6.26. The van der Waals surface area contributed by atoms with E-state index in [0.717, 1.165) is 25.0 Å². The molecule has 0 amide bonds. The highest BCUT2D eigenvalue weighted by Crippen LogP contribution is 2.33. The minimum atomic E-state index is 0.0827. The van der Waals surface area contributed by atoms with Gasteiger partial charge in [0.15, 0.2) is 0 Å². The highest BCUT2D eigenvalue weighted by molar-refractivity contribution is 5.82. The first-order valence-corrected chi connectivity index (χ1v) is 7.43. The van der Waals surface area contributed by atoms with Crippen LogP contribution in [0.5, 0.6) is 0 Å². The Morgan fingerprint density at radius 1 is 1.30 bits per heavy atom. The molecule has 0 saturated heterocycles. The van der Waals surface area contributed by atoms with E-state index in [9.17, 15) is 0 Å². The predicted octanol–water partition coefficient (Wildman–Crippen LogP) is 2.99. The standard InChI is InChI=1S/C17H23N3/c1-17(2,12-18-3)20-10-6-8-14-11-13-7-4-5-9-15(13)19-16(14)20/h4-5,7,9,11,18H,6,8,10,12H2,1-3H3. The monoisotopic (exact) mass is 269 g/mol. The Morgan fingerprint density at radius 2 is 2.10 bits per heavy atom. The molecule has 0 atom stereocenters. The predicted molar refractivity (Wildman–Crippen MR) is 85.4 cm³/mol. The molecule has 0 fully saturated rings. The average molecular weight is 269 g/mol. The largest absolute Gasteiger partial charge is 0.350 e. The van der Waals surface area contributed by atoms with Crippen LogP contribution < -0.4 is 10.2 Å². The lowest BCUT2D eigenvalue weighted by Crippen LogP contribution is -2.52. The number of rotatable bonds is 3. The molecule has 1 aliphatic rings. The summed E-state index contributed by atoms with van der Waals surface area (Å²) < 4.78 is 0. The Morgan fingerprint density at radius 3 is 2.90 bits per heavy atom. The minimum absolute atomic E-state index is 0.0827. The van der Waals surface area contributed by atoms with Crippen molar-refractivity contribution in [3.8, 4) is 0 Å². The van der Waals surface area contributed by atoms with Crippen molar-refractivity contribution in [2.24, 2.45) is 0 Å². The number of likely N-dealkylation sites (N-methyl/N-ethyl adjacent to an activating group) is 1. The van der Waals surface area contributed by atoms with E-state index in [1.54, 1.807) is 0 Å². The van der Waals surface area contributed by atoms with E-state index in [2.05, 4.69) is 54.4 Å². The lowest BCUT2D eigenvalue weighted by Gasteiger charge is -2.43. The van der Waals surface area contributed by atoms with E-state index in [1.165, 1.54) is 23.2 Å². The zero-order valence-corrected chi connectivity index (χ0v) is 12.6. The summed E-state index contributed by atoms with van der Waals surface area (Å²) in [5, 5.41) is 4.55. The van der Waals surface area contributed by atoms with E-state index in [1.807, 2.05) is 7.05 Å². The number of hydrogen-bond donors (Lipinski definition) is 1. The van der Waals surface area contributed by atoms with Gasteiger partial charge in [0.05, 0.1) is 5.52 Å². The first-order chi connectivity index (χ1) is 9.62. The van der Waals surface area contributed by atoms with Crippen LogP contribution in [0.4, 0.5) is 5.82 Å². The van der Waals surface area contributed by atoms with Gasteiger partial charge >= 0.3 is 0 Å². The summed E-state index contributed by atoms with van der Waals surface area (Å²) in [5.41, 5.74) is 2.57. The molecule has 0 bridgehead atoms. The van der Waals surface area contributed by atoms with Crippen molar-refractivity contribution >= 4 is 16.7 Å². The van der Waals surface area contributed by atoms with Crippen LogP contribution >= 0.6 is 0 Å². The van der Waals surface area contributed by atoms with Crippen molar-refractivity contribution in [2.75, 3.05) is 25.0 Å².